The van der Waals surface area contributed by atoms with E-state index in [1.54, 1.807) is 18.2 Å². The van der Waals surface area contributed by atoms with Gasteiger partial charge in [0.2, 0.25) is 0 Å². The van der Waals surface area contributed by atoms with Crippen molar-refractivity contribution in [1.82, 2.24) is 5.32 Å². The maximum atomic E-state index is 12.6. The number of imide groups is 1. The van der Waals surface area contributed by atoms with Crippen molar-refractivity contribution in [2.75, 3.05) is 7.11 Å². The van der Waals surface area contributed by atoms with Crippen LogP contribution in [0.4, 0.5) is 4.79 Å². The number of para-hydroxylation sites is 1. The molecule has 3 rings (SSSR count). The Morgan fingerprint density at radius 1 is 1.19 bits per heavy atom. The van der Waals surface area contributed by atoms with Crippen LogP contribution in [0, 0.1) is 0 Å². The van der Waals surface area contributed by atoms with E-state index >= 15 is 0 Å². The second-order valence-corrected chi connectivity index (χ2v) is 7.10. The number of carbonyl (C=O) groups is 3. The van der Waals surface area contributed by atoms with E-state index in [1.807, 2.05) is 0 Å². The van der Waals surface area contributed by atoms with E-state index in [2.05, 4.69) is 5.32 Å². The number of methoxy groups -OCH3 is 1. The minimum atomic E-state index is -0.722. The van der Waals surface area contributed by atoms with Crippen LogP contribution < -0.4 is 14.8 Å². The van der Waals surface area contributed by atoms with Gasteiger partial charge in [-0.25, -0.2) is 4.79 Å². The van der Waals surface area contributed by atoms with Gasteiger partial charge in [0.15, 0.2) is 11.5 Å². The number of halogens is 2. The Morgan fingerprint density at radius 3 is 2.59 bits per heavy atom. The molecule has 1 aliphatic rings. The molecule has 0 saturated carbocycles. The van der Waals surface area contributed by atoms with Crippen LogP contribution >= 0.6 is 35.0 Å². The van der Waals surface area contributed by atoms with Gasteiger partial charge in [0, 0.05) is 10.6 Å². The average Bonchev–Trinajstić information content (AvgIpc) is 2.93. The van der Waals surface area contributed by atoms with Crippen LogP contribution in [0.25, 0.3) is 6.08 Å². The number of esters is 1. The average molecular weight is 424 g/mol. The van der Waals surface area contributed by atoms with Crippen LogP contribution in [0.3, 0.4) is 0 Å². The molecule has 0 bridgehead atoms. The third kappa shape index (κ3) is 4.27. The molecule has 0 aromatic heterocycles. The summed E-state index contributed by atoms with van der Waals surface area (Å²) >= 11 is 12.7. The smallest absolute Gasteiger partial charge is 0.345 e. The SMILES string of the molecule is COc1cccc(/C=C2\SC(=O)NC2=O)c1OC(=O)c1ccc(Cl)cc1Cl. The highest BCUT2D eigenvalue weighted by Crippen LogP contribution is 2.36. The zero-order valence-corrected chi connectivity index (χ0v) is 16.1. The fourth-order valence-electron chi connectivity index (χ4n) is 2.28. The molecule has 2 aromatic carbocycles. The van der Waals surface area contributed by atoms with Crippen LogP contribution in [0.1, 0.15) is 15.9 Å². The first-order valence-corrected chi connectivity index (χ1v) is 9.05. The van der Waals surface area contributed by atoms with Crippen molar-refractivity contribution in [3.05, 3.63) is 62.5 Å². The first-order valence-electron chi connectivity index (χ1n) is 7.48. The van der Waals surface area contributed by atoms with E-state index in [9.17, 15) is 14.4 Å². The molecule has 1 heterocycles. The summed E-state index contributed by atoms with van der Waals surface area (Å²) in [5, 5.41) is 2.21. The van der Waals surface area contributed by atoms with E-state index < -0.39 is 17.1 Å². The van der Waals surface area contributed by atoms with Crippen molar-refractivity contribution >= 4 is 58.2 Å². The van der Waals surface area contributed by atoms with Gasteiger partial charge in [-0.2, -0.15) is 0 Å². The quantitative estimate of drug-likeness (QED) is 0.441. The lowest BCUT2D eigenvalue weighted by molar-refractivity contribution is -0.115. The molecule has 0 atom stereocenters. The minimum absolute atomic E-state index is 0.0938. The minimum Gasteiger partial charge on any atom is -0.493 e. The highest BCUT2D eigenvalue weighted by Gasteiger charge is 2.26. The van der Waals surface area contributed by atoms with E-state index in [4.69, 9.17) is 32.7 Å². The largest absolute Gasteiger partial charge is 0.493 e. The summed E-state index contributed by atoms with van der Waals surface area (Å²) in [6, 6.07) is 9.27. The number of rotatable bonds is 4. The van der Waals surface area contributed by atoms with Crippen molar-refractivity contribution in [3.8, 4) is 11.5 Å². The summed E-state index contributed by atoms with van der Waals surface area (Å²) < 4.78 is 10.7. The molecule has 0 radical (unpaired) electrons. The van der Waals surface area contributed by atoms with Gasteiger partial charge in [0.25, 0.3) is 11.1 Å². The van der Waals surface area contributed by atoms with Crippen LogP contribution in [-0.4, -0.2) is 24.2 Å². The maximum absolute atomic E-state index is 12.6. The number of benzene rings is 2. The third-order valence-electron chi connectivity index (χ3n) is 3.50. The van der Waals surface area contributed by atoms with E-state index in [0.29, 0.717) is 10.6 Å². The molecule has 2 amide bonds. The number of hydrogen-bond acceptors (Lipinski definition) is 6. The van der Waals surface area contributed by atoms with Crippen LogP contribution in [0.15, 0.2) is 41.3 Å². The number of amides is 2. The molecule has 0 aliphatic carbocycles. The zero-order chi connectivity index (χ0) is 19.6. The first kappa shape index (κ1) is 19.3. The van der Waals surface area contributed by atoms with Gasteiger partial charge in [0.05, 0.1) is 22.6 Å². The molecule has 27 heavy (non-hydrogen) atoms. The Hall–Kier alpha value is -2.48. The van der Waals surface area contributed by atoms with Crippen LogP contribution in [0.5, 0.6) is 11.5 Å². The number of hydrogen-bond donors (Lipinski definition) is 1. The molecule has 1 fully saturated rings. The molecule has 1 saturated heterocycles. The summed E-state index contributed by atoms with van der Waals surface area (Å²) in [5.41, 5.74) is 0.508. The summed E-state index contributed by atoms with van der Waals surface area (Å²) in [4.78, 5) is 35.9. The van der Waals surface area contributed by atoms with Crippen LogP contribution in [0.2, 0.25) is 10.0 Å². The Bertz CT molecular complexity index is 990. The molecule has 1 aliphatic heterocycles. The Morgan fingerprint density at radius 2 is 1.96 bits per heavy atom. The van der Waals surface area contributed by atoms with E-state index in [0.717, 1.165) is 11.8 Å². The Kier molecular flexibility index (Phi) is 5.74. The molecule has 2 aromatic rings. The maximum Gasteiger partial charge on any atom is 0.345 e. The van der Waals surface area contributed by atoms with Gasteiger partial charge in [-0.3, -0.25) is 14.9 Å². The van der Waals surface area contributed by atoms with Crippen LogP contribution in [-0.2, 0) is 4.79 Å². The second-order valence-electron chi connectivity index (χ2n) is 5.24. The highest BCUT2D eigenvalue weighted by molar-refractivity contribution is 8.18. The van der Waals surface area contributed by atoms with Gasteiger partial charge in [-0.05, 0) is 42.1 Å². The number of thioether (sulfide) groups is 1. The topological polar surface area (TPSA) is 81.7 Å². The van der Waals surface area contributed by atoms with Gasteiger partial charge >= 0.3 is 5.97 Å². The van der Waals surface area contributed by atoms with Crippen molar-refractivity contribution in [2.24, 2.45) is 0 Å². The monoisotopic (exact) mass is 423 g/mol. The number of nitrogens with one attached hydrogen (secondary N) is 1. The van der Waals surface area contributed by atoms with Crippen molar-refractivity contribution in [3.63, 3.8) is 0 Å². The molecule has 0 unspecified atom stereocenters. The lowest BCUT2D eigenvalue weighted by atomic mass is 10.1. The van der Waals surface area contributed by atoms with Gasteiger partial charge in [-0.1, -0.05) is 35.3 Å². The summed E-state index contributed by atoms with van der Waals surface area (Å²) in [7, 11) is 1.42. The Labute approximate surface area is 168 Å². The fourth-order valence-corrected chi connectivity index (χ4v) is 3.44. The lowest BCUT2D eigenvalue weighted by Crippen LogP contribution is -2.17. The summed E-state index contributed by atoms with van der Waals surface area (Å²) in [6.07, 6.45) is 1.44. The molecule has 0 spiro atoms. The van der Waals surface area contributed by atoms with Crippen molar-refractivity contribution < 1.29 is 23.9 Å². The third-order valence-corrected chi connectivity index (χ3v) is 4.86. The zero-order valence-electron chi connectivity index (χ0n) is 13.7. The lowest BCUT2D eigenvalue weighted by Gasteiger charge is -2.13. The predicted octanol–water partition coefficient (Wildman–Crippen LogP) is 4.55. The van der Waals surface area contributed by atoms with E-state index in [-0.39, 0.29) is 27.0 Å². The molecular weight excluding hydrogens is 413 g/mol. The first-order chi connectivity index (χ1) is 12.9. The molecule has 9 heteroatoms. The van der Waals surface area contributed by atoms with Gasteiger partial charge in [-0.15, -0.1) is 0 Å². The fraction of sp³-hybridized carbons (Fsp3) is 0.0556. The molecular formula is C18H11Cl2NO5S. The summed E-state index contributed by atoms with van der Waals surface area (Å²) in [6.45, 7) is 0. The Balaban J connectivity index is 1.99. The number of ether oxygens (including phenoxy) is 2. The number of carbonyl (C=O) groups excluding carboxylic acids is 3. The van der Waals surface area contributed by atoms with Crippen molar-refractivity contribution in [2.45, 2.75) is 0 Å². The normalized spacial score (nSPS) is 15.0. The summed E-state index contributed by atoms with van der Waals surface area (Å²) in [5.74, 6) is -0.875. The molecule has 6 nitrogen and oxygen atoms in total. The standard InChI is InChI=1S/C18H11Cl2NO5S/c1-25-13-4-2-3-9(7-14-16(22)21-18(24)27-14)15(13)26-17(23)11-6-5-10(19)8-12(11)20/h2-8H,1H3,(H,21,22,24)/b14-7-. The molecule has 1 N–H and O–H groups in total. The van der Waals surface area contributed by atoms with Gasteiger partial charge in [0.1, 0.15) is 0 Å². The molecule has 138 valence electrons. The van der Waals surface area contributed by atoms with E-state index in [1.165, 1.54) is 31.4 Å². The second kappa shape index (κ2) is 8.04. The highest BCUT2D eigenvalue weighted by atomic mass is 35.5. The van der Waals surface area contributed by atoms with Gasteiger partial charge < -0.3 is 9.47 Å². The van der Waals surface area contributed by atoms with Crippen molar-refractivity contribution in [1.29, 1.82) is 0 Å². The predicted molar refractivity (Wildman–Crippen MR) is 104 cm³/mol.